The molecule has 1 unspecified atom stereocenters. The normalized spacial score (nSPS) is 17.5. The van der Waals surface area contributed by atoms with E-state index in [4.69, 9.17) is 9.47 Å². The van der Waals surface area contributed by atoms with Gasteiger partial charge < -0.3 is 24.3 Å². The first-order valence-electron chi connectivity index (χ1n) is 10.2. The van der Waals surface area contributed by atoms with E-state index in [1.54, 1.807) is 23.4 Å². The number of hydrogen-bond acceptors (Lipinski definition) is 7. The fourth-order valence-corrected chi connectivity index (χ4v) is 4.42. The van der Waals surface area contributed by atoms with Gasteiger partial charge in [0.2, 0.25) is 11.8 Å². The number of fused-ring (bicyclic) bond motifs is 1. The van der Waals surface area contributed by atoms with Crippen molar-refractivity contribution in [3.8, 4) is 11.5 Å². The van der Waals surface area contributed by atoms with Crippen molar-refractivity contribution in [3.05, 3.63) is 48.8 Å². The highest BCUT2D eigenvalue weighted by Crippen LogP contribution is 2.36. The predicted molar refractivity (Wildman–Crippen MR) is 118 cm³/mol. The molecule has 1 N–H and O–H groups in total. The fourth-order valence-electron chi connectivity index (χ4n) is 3.65. The van der Waals surface area contributed by atoms with Gasteiger partial charge in [0.1, 0.15) is 19.5 Å². The standard InChI is InChI=1S/C22H21N5O4S/c1-26-13-23-25-22(26)32-17-5-2-15(3-6-17)24-21(29)14-10-20(28)27(12-14)16-4-7-18-19(11-16)31-9-8-30-18/h2-7,11,13-14H,8-10,12H2,1H3,(H,24,29). The summed E-state index contributed by atoms with van der Waals surface area (Å²) in [5, 5.41) is 11.6. The molecule has 32 heavy (non-hydrogen) atoms. The van der Waals surface area contributed by atoms with Crippen LogP contribution in [-0.2, 0) is 16.6 Å². The molecule has 1 fully saturated rings. The molecular weight excluding hydrogens is 430 g/mol. The molecule has 2 aliphatic heterocycles. The number of benzene rings is 2. The lowest BCUT2D eigenvalue weighted by molar-refractivity contribution is -0.122. The number of anilines is 2. The van der Waals surface area contributed by atoms with Gasteiger partial charge in [0.05, 0.1) is 5.92 Å². The third-order valence-electron chi connectivity index (χ3n) is 5.33. The van der Waals surface area contributed by atoms with Crippen molar-refractivity contribution in [3.63, 3.8) is 0 Å². The minimum atomic E-state index is -0.427. The van der Waals surface area contributed by atoms with E-state index < -0.39 is 5.92 Å². The number of carbonyl (C=O) groups excluding carboxylic acids is 2. The van der Waals surface area contributed by atoms with Crippen molar-refractivity contribution in [2.24, 2.45) is 13.0 Å². The van der Waals surface area contributed by atoms with E-state index in [0.717, 1.165) is 10.1 Å². The summed E-state index contributed by atoms with van der Waals surface area (Å²) in [5.74, 6) is 0.600. The Balaban J connectivity index is 1.22. The topological polar surface area (TPSA) is 98.6 Å². The van der Waals surface area contributed by atoms with Gasteiger partial charge in [-0.3, -0.25) is 9.59 Å². The molecule has 1 aromatic heterocycles. The lowest BCUT2D eigenvalue weighted by Crippen LogP contribution is -2.28. The summed E-state index contributed by atoms with van der Waals surface area (Å²) in [5.41, 5.74) is 1.39. The van der Waals surface area contributed by atoms with Gasteiger partial charge in [0, 0.05) is 42.3 Å². The predicted octanol–water partition coefficient (Wildman–Crippen LogP) is 2.73. The average molecular weight is 452 g/mol. The Bertz CT molecular complexity index is 1160. The molecular formula is C22H21N5O4S. The molecule has 0 radical (unpaired) electrons. The molecule has 1 atom stereocenters. The van der Waals surface area contributed by atoms with E-state index in [0.29, 0.717) is 42.6 Å². The third-order valence-corrected chi connectivity index (χ3v) is 6.39. The van der Waals surface area contributed by atoms with Gasteiger partial charge in [-0.2, -0.15) is 0 Å². The molecule has 3 heterocycles. The van der Waals surface area contributed by atoms with Gasteiger partial charge in [-0.15, -0.1) is 10.2 Å². The number of aryl methyl sites for hydroxylation is 1. The van der Waals surface area contributed by atoms with Crippen LogP contribution in [0.5, 0.6) is 11.5 Å². The maximum absolute atomic E-state index is 12.8. The Morgan fingerprint density at radius 1 is 1.12 bits per heavy atom. The summed E-state index contributed by atoms with van der Waals surface area (Å²) in [7, 11) is 1.88. The largest absolute Gasteiger partial charge is 0.486 e. The van der Waals surface area contributed by atoms with Crippen LogP contribution >= 0.6 is 11.8 Å². The SMILES string of the molecule is Cn1cnnc1Sc1ccc(NC(=O)C2CC(=O)N(c3ccc4c(c3)OCCO4)C2)cc1. The first-order valence-corrected chi connectivity index (χ1v) is 11.0. The van der Waals surface area contributed by atoms with E-state index in [9.17, 15) is 9.59 Å². The zero-order chi connectivity index (χ0) is 22.1. The van der Waals surface area contributed by atoms with E-state index in [-0.39, 0.29) is 18.2 Å². The van der Waals surface area contributed by atoms with E-state index in [1.165, 1.54) is 11.8 Å². The maximum atomic E-state index is 12.8. The van der Waals surface area contributed by atoms with Gasteiger partial charge in [-0.1, -0.05) is 0 Å². The van der Waals surface area contributed by atoms with Crippen LogP contribution < -0.4 is 19.7 Å². The average Bonchev–Trinajstić information content (AvgIpc) is 3.40. The summed E-state index contributed by atoms with van der Waals surface area (Å²) < 4.78 is 13.0. The summed E-state index contributed by atoms with van der Waals surface area (Å²) >= 11 is 1.49. The number of nitrogens with one attached hydrogen (secondary N) is 1. The second kappa shape index (κ2) is 8.54. The number of amides is 2. The summed E-state index contributed by atoms with van der Waals surface area (Å²) in [4.78, 5) is 28.0. The van der Waals surface area contributed by atoms with Crippen molar-refractivity contribution in [1.29, 1.82) is 0 Å². The molecule has 10 heteroatoms. The van der Waals surface area contributed by atoms with Crippen LogP contribution in [0.25, 0.3) is 0 Å². The maximum Gasteiger partial charge on any atom is 0.229 e. The molecule has 5 rings (SSSR count). The van der Waals surface area contributed by atoms with Crippen molar-refractivity contribution in [2.45, 2.75) is 16.5 Å². The second-order valence-electron chi connectivity index (χ2n) is 7.57. The molecule has 2 aliphatic rings. The highest BCUT2D eigenvalue weighted by Gasteiger charge is 2.35. The van der Waals surface area contributed by atoms with E-state index in [2.05, 4.69) is 15.5 Å². The molecule has 0 bridgehead atoms. The molecule has 0 saturated carbocycles. The third kappa shape index (κ3) is 4.13. The number of aromatic nitrogens is 3. The Morgan fingerprint density at radius 3 is 2.66 bits per heavy atom. The Morgan fingerprint density at radius 2 is 1.91 bits per heavy atom. The molecule has 0 aliphatic carbocycles. The van der Waals surface area contributed by atoms with Crippen LogP contribution in [0, 0.1) is 5.92 Å². The van der Waals surface area contributed by atoms with Crippen molar-refractivity contribution in [2.75, 3.05) is 30.0 Å². The first kappa shape index (κ1) is 20.4. The number of nitrogens with zero attached hydrogens (tertiary/aromatic N) is 4. The quantitative estimate of drug-likeness (QED) is 0.637. The molecule has 2 amide bonds. The van der Waals surface area contributed by atoms with Gasteiger partial charge in [-0.05, 0) is 48.2 Å². The summed E-state index contributed by atoms with van der Waals surface area (Å²) in [6.07, 6.45) is 1.81. The van der Waals surface area contributed by atoms with Gasteiger partial charge in [0.15, 0.2) is 16.7 Å². The van der Waals surface area contributed by atoms with Gasteiger partial charge in [0.25, 0.3) is 0 Å². The summed E-state index contributed by atoms with van der Waals surface area (Å²) in [6.45, 7) is 1.31. The lowest BCUT2D eigenvalue weighted by Gasteiger charge is -2.22. The minimum absolute atomic E-state index is 0.0859. The van der Waals surface area contributed by atoms with Gasteiger partial charge in [-0.25, -0.2) is 0 Å². The van der Waals surface area contributed by atoms with Crippen LogP contribution in [0.4, 0.5) is 11.4 Å². The molecule has 2 aromatic carbocycles. The Hall–Kier alpha value is -3.53. The number of ether oxygens (including phenoxy) is 2. The van der Waals surface area contributed by atoms with Crippen LogP contribution in [-0.4, -0.2) is 46.3 Å². The number of carbonyl (C=O) groups is 2. The van der Waals surface area contributed by atoms with Crippen molar-refractivity contribution in [1.82, 2.24) is 14.8 Å². The molecule has 164 valence electrons. The van der Waals surface area contributed by atoms with E-state index in [1.807, 2.05) is 41.9 Å². The Labute approximate surface area is 188 Å². The Kier molecular flexibility index (Phi) is 5.44. The molecule has 9 nitrogen and oxygen atoms in total. The van der Waals surface area contributed by atoms with Crippen LogP contribution in [0.3, 0.4) is 0 Å². The van der Waals surface area contributed by atoms with Gasteiger partial charge >= 0.3 is 0 Å². The molecule has 3 aromatic rings. The zero-order valence-corrected chi connectivity index (χ0v) is 18.2. The lowest BCUT2D eigenvalue weighted by atomic mass is 10.1. The second-order valence-corrected chi connectivity index (χ2v) is 8.61. The zero-order valence-electron chi connectivity index (χ0n) is 17.4. The van der Waals surface area contributed by atoms with E-state index >= 15 is 0 Å². The van der Waals surface area contributed by atoms with Crippen molar-refractivity contribution >= 4 is 35.0 Å². The molecule has 1 saturated heterocycles. The smallest absolute Gasteiger partial charge is 0.229 e. The first-order chi connectivity index (χ1) is 15.6. The van der Waals surface area contributed by atoms with Crippen LogP contribution in [0.15, 0.2) is 58.8 Å². The highest BCUT2D eigenvalue weighted by molar-refractivity contribution is 7.99. The fraction of sp³-hybridized carbons (Fsp3) is 0.273. The monoisotopic (exact) mass is 451 g/mol. The van der Waals surface area contributed by atoms with Crippen LogP contribution in [0.2, 0.25) is 0 Å². The highest BCUT2D eigenvalue weighted by atomic mass is 32.2. The number of hydrogen-bond donors (Lipinski definition) is 1. The minimum Gasteiger partial charge on any atom is -0.486 e. The van der Waals surface area contributed by atoms with Crippen molar-refractivity contribution < 1.29 is 19.1 Å². The van der Waals surface area contributed by atoms with Crippen LogP contribution in [0.1, 0.15) is 6.42 Å². The number of rotatable bonds is 5. The summed E-state index contributed by atoms with van der Waals surface area (Å²) in [6, 6.07) is 12.9. The molecule has 0 spiro atoms.